The average molecular weight is 388 g/mol. The zero-order valence-corrected chi connectivity index (χ0v) is 14.9. The molecule has 1 N–H and O–H groups in total. The molecule has 8 heteroatoms. The number of carbonyl (C=O) groups excluding carboxylic acids is 3. The van der Waals surface area contributed by atoms with Crippen molar-refractivity contribution in [2.24, 2.45) is 0 Å². The molecule has 1 aliphatic heterocycles. The minimum atomic E-state index is -1.07. The highest BCUT2D eigenvalue weighted by Gasteiger charge is 2.21. The van der Waals surface area contributed by atoms with Gasteiger partial charge in [0.05, 0.1) is 0 Å². The molecule has 0 saturated carbocycles. The maximum absolute atomic E-state index is 13.5. The summed E-state index contributed by atoms with van der Waals surface area (Å²) in [6, 6.07) is 10.0. The number of nitrogens with one attached hydrogen (secondary N) is 1. The van der Waals surface area contributed by atoms with Gasteiger partial charge in [0.2, 0.25) is 5.91 Å². The van der Waals surface area contributed by atoms with E-state index in [1.54, 1.807) is 29.2 Å². The molecule has 1 aliphatic rings. The molecule has 1 heterocycles. The lowest BCUT2D eigenvalue weighted by Crippen LogP contribution is -2.30. The Morgan fingerprint density at radius 1 is 1.11 bits per heavy atom. The van der Waals surface area contributed by atoms with E-state index in [2.05, 4.69) is 5.32 Å². The summed E-state index contributed by atoms with van der Waals surface area (Å²) in [5.74, 6) is -3.32. The van der Waals surface area contributed by atoms with Gasteiger partial charge in [-0.1, -0.05) is 12.1 Å². The molecule has 28 heavy (non-hydrogen) atoms. The van der Waals surface area contributed by atoms with Crippen LogP contribution in [-0.4, -0.2) is 30.9 Å². The number of anilines is 1. The number of amides is 2. The smallest absolute Gasteiger partial charge is 0.325 e. The number of benzene rings is 2. The Morgan fingerprint density at radius 3 is 2.54 bits per heavy atom. The number of esters is 1. The van der Waals surface area contributed by atoms with Crippen molar-refractivity contribution < 1.29 is 27.9 Å². The Morgan fingerprint density at radius 2 is 1.86 bits per heavy atom. The van der Waals surface area contributed by atoms with Crippen molar-refractivity contribution in [3.05, 3.63) is 65.2 Å². The van der Waals surface area contributed by atoms with Crippen LogP contribution < -0.4 is 10.2 Å². The molecule has 2 aromatic carbocycles. The second-order valence-electron chi connectivity index (χ2n) is 6.25. The molecule has 146 valence electrons. The van der Waals surface area contributed by atoms with E-state index >= 15 is 0 Å². The number of rotatable bonds is 6. The van der Waals surface area contributed by atoms with Gasteiger partial charge < -0.3 is 15.0 Å². The van der Waals surface area contributed by atoms with E-state index in [0.717, 1.165) is 18.2 Å². The highest BCUT2D eigenvalue weighted by atomic mass is 19.2. The average Bonchev–Trinajstić information content (AvgIpc) is 3.13. The molecule has 2 aromatic rings. The molecule has 0 atom stereocenters. The van der Waals surface area contributed by atoms with Gasteiger partial charge in [-0.15, -0.1) is 0 Å². The van der Waals surface area contributed by atoms with Crippen LogP contribution in [0.4, 0.5) is 14.5 Å². The highest BCUT2D eigenvalue weighted by molar-refractivity contribution is 5.98. The van der Waals surface area contributed by atoms with Gasteiger partial charge >= 0.3 is 5.97 Å². The molecule has 0 spiro atoms. The lowest BCUT2D eigenvalue weighted by molar-refractivity contribution is -0.143. The zero-order chi connectivity index (χ0) is 20.1. The summed E-state index contributed by atoms with van der Waals surface area (Å²) in [5.41, 5.74) is 0.946. The monoisotopic (exact) mass is 388 g/mol. The predicted octanol–water partition coefficient (Wildman–Crippen LogP) is 2.56. The maximum atomic E-state index is 13.5. The summed E-state index contributed by atoms with van der Waals surface area (Å²) in [5, 5.41) is 2.40. The first-order chi connectivity index (χ1) is 13.5. The Bertz CT molecular complexity index is 900. The van der Waals surface area contributed by atoms with Crippen LogP contribution >= 0.6 is 0 Å². The minimum absolute atomic E-state index is 0.0506. The van der Waals surface area contributed by atoms with Gasteiger partial charge in [0.1, 0.15) is 13.2 Å². The standard InChI is InChI=1S/C20H18F2N2O4/c21-16-4-1-3-14(19(16)22)12-28-18(26)11-23-20(27)13-6-8-15(9-7-13)24-10-2-5-17(24)25/h1,3-4,6-9H,2,5,10-12H2,(H,23,27). The van der Waals surface area contributed by atoms with Crippen molar-refractivity contribution in [2.75, 3.05) is 18.0 Å². The molecular weight excluding hydrogens is 370 g/mol. The Labute approximate surface area is 160 Å². The minimum Gasteiger partial charge on any atom is -0.459 e. The molecule has 6 nitrogen and oxygen atoms in total. The summed E-state index contributed by atoms with van der Waals surface area (Å²) < 4.78 is 31.4. The van der Waals surface area contributed by atoms with Crippen molar-refractivity contribution in [2.45, 2.75) is 19.4 Å². The number of hydrogen-bond donors (Lipinski definition) is 1. The number of nitrogens with zero attached hydrogens (tertiary/aromatic N) is 1. The van der Waals surface area contributed by atoms with Crippen molar-refractivity contribution in [3.63, 3.8) is 0 Å². The number of ether oxygens (including phenoxy) is 1. The fraction of sp³-hybridized carbons (Fsp3) is 0.250. The van der Waals surface area contributed by atoms with Gasteiger partial charge in [-0.05, 0) is 36.8 Å². The topological polar surface area (TPSA) is 75.7 Å². The summed E-state index contributed by atoms with van der Waals surface area (Å²) in [6.45, 7) is -0.193. The second kappa shape index (κ2) is 8.60. The predicted molar refractivity (Wildman–Crippen MR) is 96.5 cm³/mol. The van der Waals surface area contributed by atoms with Crippen LogP contribution in [0.2, 0.25) is 0 Å². The van der Waals surface area contributed by atoms with Gasteiger partial charge in [0.25, 0.3) is 5.91 Å². The summed E-state index contributed by atoms with van der Waals surface area (Å²) >= 11 is 0. The van der Waals surface area contributed by atoms with E-state index in [9.17, 15) is 23.2 Å². The first kappa shape index (κ1) is 19.5. The number of carbonyl (C=O) groups is 3. The van der Waals surface area contributed by atoms with E-state index in [1.807, 2.05) is 0 Å². The largest absolute Gasteiger partial charge is 0.459 e. The fourth-order valence-electron chi connectivity index (χ4n) is 2.84. The Hall–Kier alpha value is -3.29. The molecule has 0 bridgehead atoms. The lowest BCUT2D eigenvalue weighted by Gasteiger charge is -2.15. The molecule has 0 radical (unpaired) electrons. The summed E-state index contributed by atoms with van der Waals surface area (Å²) in [7, 11) is 0. The number of halogens is 2. The van der Waals surface area contributed by atoms with Crippen molar-refractivity contribution in [1.29, 1.82) is 0 Å². The van der Waals surface area contributed by atoms with Gasteiger partial charge in [0.15, 0.2) is 11.6 Å². The molecule has 2 amide bonds. The van der Waals surface area contributed by atoms with E-state index < -0.39 is 36.7 Å². The molecular formula is C20H18F2N2O4. The van der Waals surface area contributed by atoms with Crippen molar-refractivity contribution >= 4 is 23.5 Å². The van der Waals surface area contributed by atoms with Crippen LogP contribution in [0.5, 0.6) is 0 Å². The first-order valence-corrected chi connectivity index (χ1v) is 8.73. The molecule has 0 unspecified atom stereocenters. The number of hydrogen-bond acceptors (Lipinski definition) is 4. The third kappa shape index (κ3) is 4.51. The lowest BCUT2D eigenvalue weighted by atomic mass is 10.2. The van der Waals surface area contributed by atoms with Gasteiger partial charge in [-0.25, -0.2) is 8.78 Å². The second-order valence-corrected chi connectivity index (χ2v) is 6.25. The molecule has 1 saturated heterocycles. The van der Waals surface area contributed by atoms with Crippen molar-refractivity contribution in [1.82, 2.24) is 5.32 Å². The van der Waals surface area contributed by atoms with Gasteiger partial charge in [-0.3, -0.25) is 14.4 Å². The van der Waals surface area contributed by atoms with Crippen LogP contribution in [0.1, 0.15) is 28.8 Å². The highest BCUT2D eigenvalue weighted by Crippen LogP contribution is 2.21. The van der Waals surface area contributed by atoms with Crippen LogP contribution in [0.25, 0.3) is 0 Å². The van der Waals surface area contributed by atoms with Crippen LogP contribution in [-0.2, 0) is 20.9 Å². The molecule has 3 rings (SSSR count). The first-order valence-electron chi connectivity index (χ1n) is 8.73. The Balaban J connectivity index is 1.48. The normalized spacial score (nSPS) is 13.5. The maximum Gasteiger partial charge on any atom is 0.325 e. The Kier molecular flexibility index (Phi) is 5.98. The zero-order valence-electron chi connectivity index (χ0n) is 14.9. The molecule has 0 aromatic heterocycles. The van der Waals surface area contributed by atoms with Crippen LogP contribution in [0.3, 0.4) is 0 Å². The van der Waals surface area contributed by atoms with E-state index in [0.29, 0.717) is 18.5 Å². The van der Waals surface area contributed by atoms with E-state index in [4.69, 9.17) is 4.74 Å². The third-order valence-corrected chi connectivity index (χ3v) is 4.33. The van der Waals surface area contributed by atoms with Gasteiger partial charge in [0, 0.05) is 29.8 Å². The van der Waals surface area contributed by atoms with Gasteiger partial charge in [-0.2, -0.15) is 0 Å². The van der Waals surface area contributed by atoms with Crippen LogP contribution in [0, 0.1) is 11.6 Å². The van der Waals surface area contributed by atoms with E-state index in [-0.39, 0.29) is 11.5 Å². The summed E-state index contributed by atoms with van der Waals surface area (Å²) in [4.78, 5) is 37.2. The quantitative estimate of drug-likeness (QED) is 0.772. The molecule has 0 aliphatic carbocycles. The van der Waals surface area contributed by atoms with Crippen LogP contribution in [0.15, 0.2) is 42.5 Å². The third-order valence-electron chi connectivity index (χ3n) is 4.33. The molecule has 1 fully saturated rings. The fourth-order valence-corrected chi connectivity index (χ4v) is 2.84. The summed E-state index contributed by atoms with van der Waals surface area (Å²) in [6.07, 6.45) is 1.33. The van der Waals surface area contributed by atoms with Crippen molar-refractivity contribution in [3.8, 4) is 0 Å². The van der Waals surface area contributed by atoms with E-state index in [1.165, 1.54) is 12.1 Å². The SMILES string of the molecule is O=C(CNC(=O)c1ccc(N2CCCC2=O)cc1)OCc1cccc(F)c1F.